The number of aryl methyl sites for hydroxylation is 1. The summed E-state index contributed by atoms with van der Waals surface area (Å²) in [6, 6.07) is 5.38. The first-order chi connectivity index (χ1) is 10.7. The van der Waals surface area contributed by atoms with Crippen molar-refractivity contribution in [3.63, 3.8) is 0 Å². The minimum Gasteiger partial charge on any atom is -0.294 e. The molecule has 1 aromatic carbocycles. The molecule has 0 saturated carbocycles. The number of rotatable bonds is 1. The molecule has 4 rings (SSSR count). The van der Waals surface area contributed by atoms with Crippen molar-refractivity contribution in [2.45, 2.75) is 6.92 Å². The average Bonchev–Trinajstić information content (AvgIpc) is 2.99. The standard InChI is InChI=1S/C15H10ClN5O/c1-9-13(18-5-4-17-9)21-12-8-10(16)2-3-11(12)20-7-6-19-14(20)15(21)22/h2-8H,1H3. The second kappa shape index (κ2) is 4.64. The van der Waals surface area contributed by atoms with Gasteiger partial charge in [-0.2, -0.15) is 0 Å². The number of benzene rings is 1. The van der Waals surface area contributed by atoms with Crippen molar-refractivity contribution in [1.29, 1.82) is 0 Å². The van der Waals surface area contributed by atoms with E-state index in [0.717, 1.165) is 5.52 Å². The zero-order valence-electron chi connectivity index (χ0n) is 11.6. The molecule has 7 heteroatoms. The highest BCUT2D eigenvalue weighted by atomic mass is 35.5. The lowest BCUT2D eigenvalue weighted by atomic mass is 10.2. The predicted molar refractivity (Wildman–Crippen MR) is 83.6 cm³/mol. The van der Waals surface area contributed by atoms with Crippen LogP contribution in [-0.4, -0.2) is 23.9 Å². The summed E-state index contributed by atoms with van der Waals surface area (Å²) in [5.41, 5.74) is 2.21. The van der Waals surface area contributed by atoms with E-state index in [1.54, 1.807) is 48.2 Å². The molecule has 0 aliphatic rings. The van der Waals surface area contributed by atoms with Gasteiger partial charge in [0.05, 0.1) is 16.7 Å². The van der Waals surface area contributed by atoms with Gasteiger partial charge in [0.15, 0.2) is 5.82 Å². The first kappa shape index (κ1) is 13.0. The summed E-state index contributed by atoms with van der Waals surface area (Å²) in [4.78, 5) is 25.5. The zero-order chi connectivity index (χ0) is 15.3. The smallest absolute Gasteiger partial charge is 0.294 e. The third-order valence-electron chi connectivity index (χ3n) is 3.54. The molecule has 0 N–H and O–H groups in total. The van der Waals surface area contributed by atoms with Crippen LogP contribution < -0.4 is 5.56 Å². The Kier molecular flexibility index (Phi) is 2.74. The summed E-state index contributed by atoms with van der Waals surface area (Å²) in [7, 11) is 0. The minimum absolute atomic E-state index is 0.261. The Labute approximate surface area is 129 Å². The summed E-state index contributed by atoms with van der Waals surface area (Å²) >= 11 is 6.12. The number of fused-ring (bicyclic) bond motifs is 3. The number of imidazole rings is 1. The molecule has 0 fully saturated rings. The van der Waals surface area contributed by atoms with Gasteiger partial charge in [-0.3, -0.25) is 18.7 Å². The first-order valence-electron chi connectivity index (χ1n) is 6.62. The van der Waals surface area contributed by atoms with Crippen molar-refractivity contribution >= 4 is 28.3 Å². The van der Waals surface area contributed by atoms with Crippen LogP contribution in [0.15, 0.2) is 47.8 Å². The Morgan fingerprint density at radius 2 is 1.86 bits per heavy atom. The van der Waals surface area contributed by atoms with Crippen molar-refractivity contribution in [1.82, 2.24) is 23.9 Å². The van der Waals surface area contributed by atoms with Gasteiger partial charge in [-0.15, -0.1) is 0 Å². The van der Waals surface area contributed by atoms with Crippen LogP contribution in [0.1, 0.15) is 5.69 Å². The Bertz CT molecular complexity index is 1080. The quantitative estimate of drug-likeness (QED) is 0.541. The Hall–Kier alpha value is -2.73. The first-order valence-corrected chi connectivity index (χ1v) is 7.00. The van der Waals surface area contributed by atoms with Gasteiger partial charge < -0.3 is 0 Å². The van der Waals surface area contributed by atoms with Crippen LogP contribution in [-0.2, 0) is 0 Å². The molecule has 0 aliphatic heterocycles. The molecular weight excluding hydrogens is 302 g/mol. The summed E-state index contributed by atoms with van der Waals surface area (Å²) < 4.78 is 3.25. The number of aromatic nitrogens is 5. The monoisotopic (exact) mass is 311 g/mol. The summed E-state index contributed by atoms with van der Waals surface area (Å²) in [6.45, 7) is 1.81. The van der Waals surface area contributed by atoms with E-state index in [0.29, 0.717) is 27.7 Å². The predicted octanol–water partition coefficient (Wildman–Crippen LogP) is 2.39. The lowest BCUT2D eigenvalue weighted by molar-refractivity contribution is 0.926. The second-order valence-electron chi connectivity index (χ2n) is 4.86. The van der Waals surface area contributed by atoms with Crippen molar-refractivity contribution in [2.24, 2.45) is 0 Å². The van der Waals surface area contributed by atoms with Gasteiger partial charge >= 0.3 is 5.56 Å². The molecule has 0 amide bonds. The second-order valence-corrected chi connectivity index (χ2v) is 5.30. The van der Waals surface area contributed by atoms with E-state index in [9.17, 15) is 4.79 Å². The molecule has 0 spiro atoms. The fourth-order valence-corrected chi connectivity index (χ4v) is 2.74. The highest BCUT2D eigenvalue weighted by Crippen LogP contribution is 2.21. The molecule has 0 aliphatic carbocycles. The lowest BCUT2D eigenvalue weighted by Crippen LogP contribution is -2.23. The topological polar surface area (TPSA) is 65.1 Å². The third kappa shape index (κ3) is 1.74. The molecule has 3 heterocycles. The van der Waals surface area contributed by atoms with Gasteiger partial charge in [0.25, 0.3) is 0 Å². The van der Waals surface area contributed by atoms with Crippen LogP contribution in [0, 0.1) is 6.92 Å². The van der Waals surface area contributed by atoms with Crippen LogP contribution in [0.2, 0.25) is 5.02 Å². The lowest BCUT2D eigenvalue weighted by Gasteiger charge is -2.12. The molecule has 6 nitrogen and oxygen atoms in total. The molecular formula is C15H10ClN5O. The van der Waals surface area contributed by atoms with E-state index in [-0.39, 0.29) is 5.56 Å². The van der Waals surface area contributed by atoms with E-state index >= 15 is 0 Å². The Balaban J connectivity index is 2.29. The summed E-state index contributed by atoms with van der Waals surface area (Å²) in [5, 5.41) is 0.543. The summed E-state index contributed by atoms with van der Waals surface area (Å²) in [5.74, 6) is 0.477. The SMILES string of the molecule is Cc1nccnc1-n1c(=O)c2nccn2c2ccc(Cl)cc21. The molecule has 0 unspecified atom stereocenters. The van der Waals surface area contributed by atoms with Crippen LogP contribution in [0.25, 0.3) is 22.5 Å². The molecule has 0 atom stereocenters. The Morgan fingerprint density at radius 1 is 1.05 bits per heavy atom. The normalized spacial score (nSPS) is 11.4. The van der Waals surface area contributed by atoms with E-state index < -0.39 is 0 Å². The van der Waals surface area contributed by atoms with Gasteiger partial charge in [-0.25, -0.2) is 9.97 Å². The highest BCUT2D eigenvalue weighted by molar-refractivity contribution is 6.31. The maximum Gasteiger partial charge on any atom is 0.300 e. The minimum atomic E-state index is -0.261. The number of nitrogens with zero attached hydrogens (tertiary/aromatic N) is 5. The van der Waals surface area contributed by atoms with Crippen molar-refractivity contribution in [2.75, 3.05) is 0 Å². The van der Waals surface area contributed by atoms with E-state index in [2.05, 4.69) is 15.0 Å². The van der Waals surface area contributed by atoms with Crippen LogP contribution >= 0.6 is 11.6 Å². The van der Waals surface area contributed by atoms with Crippen LogP contribution in [0.5, 0.6) is 0 Å². The molecule has 0 bridgehead atoms. The van der Waals surface area contributed by atoms with Crippen LogP contribution in [0.4, 0.5) is 0 Å². The maximum atomic E-state index is 12.8. The molecule has 22 heavy (non-hydrogen) atoms. The fraction of sp³-hybridized carbons (Fsp3) is 0.0667. The molecule has 108 valence electrons. The average molecular weight is 312 g/mol. The number of halogens is 1. The molecule has 0 saturated heterocycles. The van der Waals surface area contributed by atoms with E-state index in [1.165, 1.54) is 4.57 Å². The van der Waals surface area contributed by atoms with Crippen LogP contribution in [0.3, 0.4) is 0 Å². The van der Waals surface area contributed by atoms with Crippen molar-refractivity contribution in [3.05, 3.63) is 64.1 Å². The fourth-order valence-electron chi connectivity index (χ4n) is 2.57. The molecule has 0 radical (unpaired) electrons. The van der Waals surface area contributed by atoms with Gasteiger partial charge in [0.1, 0.15) is 0 Å². The summed E-state index contributed by atoms with van der Waals surface area (Å²) in [6.07, 6.45) is 6.49. The Morgan fingerprint density at radius 3 is 2.68 bits per heavy atom. The van der Waals surface area contributed by atoms with E-state index in [1.807, 2.05) is 6.07 Å². The van der Waals surface area contributed by atoms with Crippen molar-refractivity contribution in [3.8, 4) is 5.82 Å². The van der Waals surface area contributed by atoms with Gasteiger partial charge in [-0.05, 0) is 25.1 Å². The number of hydrogen-bond acceptors (Lipinski definition) is 4. The van der Waals surface area contributed by atoms with Gasteiger partial charge in [0.2, 0.25) is 5.65 Å². The van der Waals surface area contributed by atoms with Gasteiger partial charge in [-0.1, -0.05) is 11.6 Å². The zero-order valence-corrected chi connectivity index (χ0v) is 12.3. The highest BCUT2D eigenvalue weighted by Gasteiger charge is 2.15. The largest absolute Gasteiger partial charge is 0.300 e. The third-order valence-corrected chi connectivity index (χ3v) is 3.78. The van der Waals surface area contributed by atoms with Crippen molar-refractivity contribution < 1.29 is 0 Å². The molecule has 3 aromatic heterocycles. The van der Waals surface area contributed by atoms with E-state index in [4.69, 9.17) is 11.6 Å². The molecule has 4 aromatic rings. The van der Waals surface area contributed by atoms with Gasteiger partial charge in [0, 0.05) is 29.8 Å². The maximum absolute atomic E-state index is 12.8. The number of hydrogen-bond donors (Lipinski definition) is 0.